The molecule has 0 unspecified atom stereocenters. The van der Waals surface area contributed by atoms with E-state index in [-0.39, 0.29) is 5.75 Å². The van der Waals surface area contributed by atoms with Gasteiger partial charge in [0.1, 0.15) is 5.75 Å². The molecule has 27 heavy (non-hydrogen) atoms. The number of hydrogen-bond acceptors (Lipinski definition) is 9. The van der Waals surface area contributed by atoms with Crippen LogP contribution in [0.3, 0.4) is 0 Å². The first kappa shape index (κ1) is 20.5. The smallest absolute Gasteiger partial charge is 0.335 e. The second-order valence-corrected chi connectivity index (χ2v) is 6.11. The molecular weight excluding hydrogens is 358 g/mol. The van der Waals surface area contributed by atoms with E-state index in [1.54, 1.807) is 31.2 Å². The van der Waals surface area contributed by atoms with Gasteiger partial charge in [0.05, 0.1) is 12.8 Å². The molecule has 1 fully saturated rings. The number of ether oxygens (including phenoxy) is 5. The van der Waals surface area contributed by atoms with Crippen LogP contribution in [-0.2, 0) is 33.3 Å². The fourth-order valence-electron chi connectivity index (χ4n) is 2.85. The summed E-state index contributed by atoms with van der Waals surface area (Å²) in [5, 5.41) is 0. The number of carbonyl (C=O) groups is 3. The molecule has 0 spiro atoms. The Morgan fingerprint density at radius 1 is 1.04 bits per heavy atom. The van der Waals surface area contributed by atoms with Crippen molar-refractivity contribution in [1.29, 1.82) is 0 Å². The second-order valence-electron chi connectivity index (χ2n) is 6.11. The summed E-state index contributed by atoms with van der Waals surface area (Å²) in [6, 6.07) is 6.62. The van der Waals surface area contributed by atoms with E-state index in [1.165, 1.54) is 21.0 Å². The second kappa shape index (κ2) is 8.72. The van der Waals surface area contributed by atoms with Gasteiger partial charge in [-0.3, -0.25) is 9.59 Å². The standard InChI is InChI=1S/C18H23NO8/c1-9-14(24-10(2)20)16(25-11(3)21)18(27-15(9)17(22)23-4)26-13-8-6-5-7-12(13)19/h5-9,14-16,18H,19H2,1-4H3/t9-,14-,15-,16+,18+/m0/s1. The molecule has 0 radical (unpaired) electrons. The summed E-state index contributed by atoms with van der Waals surface area (Å²) in [6.45, 7) is 4.04. The lowest BCUT2D eigenvalue weighted by atomic mass is 9.90. The number of esters is 3. The van der Waals surface area contributed by atoms with Crippen molar-refractivity contribution in [2.24, 2.45) is 5.92 Å². The molecular formula is C18H23NO8. The van der Waals surface area contributed by atoms with Crippen molar-refractivity contribution < 1.29 is 38.1 Å². The highest BCUT2D eigenvalue weighted by Crippen LogP contribution is 2.33. The fourth-order valence-corrected chi connectivity index (χ4v) is 2.85. The van der Waals surface area contributed by atoms with Crippen LogP contribution in [0.2, 0.25) is 0 Å². The molecule has 0 aromatic heterocycles. The van der Waals surface area contributed by atoms with Gasteiger partial charge in [0, 0.05) is 19.8 Å². The molecule has 2 N–H and O–H groups in total. The Hall–Kier alpha value is -2.81. The molecule has 1 heterocycles. The number of anilines is 1. The van der Waals surface area contributed by atoms with Crippen LogP contribution in [0.25, 0.3) is 0 Å². The van der Waals surface area contributed by atoms with E-state index in [1.807, 2.05) is 0 Å². The predicted molar refractivity (Wildman–Crippen MR) is 92.4 cm³/mol. The number of carbonyl (C=O) groups excluding carboxylic acids is 3. The zero-order valence-corrected chi connectivity index (χ0v) is 15.5. The molecule has 0 bridgehead atoms. The summed E-state index contributed by atoms with van der Waals surface area (Å²) >= 11 is 0. The number of nitrogens with two attached hydrogens (primary N) is 1. The highest BCUT2D eigenvalue weighted by molar-refractivity contribution is 5.75. The van der Waals surface area contributed by atoms with Gasteiger partial charge in [0.15, 0.2) is 12.2 Å². The summed E-state index contributed by atoms with van der Waals surface area (Å²) < 4.78 is 26.9. The van der Waals surface area contributed by atoms with Crippen molar-refractivity contribution in [2.45, 2.75) is 45.4 Å². The first-order valence-corrected chi connectivity index (χ1v) is 8.33. The Morgan fingerprint density at radius 3 is 2.19 bits per heavy atom. The van der Waals surface area contributed by atoms with Crippen LogP contribution in [0.1, 0.15) is 20.8 Å². The third-order valence-corrected chi connectivity index (χ3v) is 4.07. The molecule has 9 nitrogen and oxygen atoms in total. The molecule has 1 saturated heterocycles. The summed E-state index contributed by atoms with van der Waals surface area (Å²) in [5.74, 6) is -2.29. The largest absolute Gasteiger partial charge is 0.467 e. The molecule has 0 saturated carbocycles. The van der Waals surface area contributed by atoms with Gasteiger partial charge < -0.3 is 29.4 Å². The summed E-state index contributed by atoms with van der Waals surface area (Å²) in [4.78, 5) is 35.3. The quantitative estimate of drug-likeness (QED) is 0.453. The minimum absolute atomic E-state index is 0.263. The molecule has 1 aromatic rings. The monoisotopic (exact) mass is 381 g/mol. The lowest BCUT2D eigenvalue weighted by Crippen LogP contribution is -2.60. The number of para-hydroxylation sites is 2. The molecule has 9 heteroatoms. The van der Waals surface area contributed by atoms with Crippen LogP contribution in [-0.4, -0.2) is 49.6 Å². The molecule has 0 amide bonds. The van der Waals surface area contributed by atoms with Gasteiger partial charge in [-0.15, -0.1) is 0 Å². The maximum atomic E-state index is 12.1. The van der Waals surface area contributed by atoms with Gasteiger partial charge in [0.25, 0.3) is 0 Å². The maximum absolute atomic E-state index is 12.1. The number of hydrogen-bond donors (Lipinski definition) is 1. The van der Waals surface area contributed by atoms with E-state index in [2.05, 4.69) is 0 Å². The average molecular weight is 381 g/mol. The number of benzene rings is 1. The summed E-state index contributed by atoms with van der Waals surface area (Å²) in [6.07, 6.45) is -4.44. The van der Waals surface area contributed by atoms with Crippen LogP contribution in [0.5, 0.6) is 5.75 Å². The van der Waals surface area contributed by atoms with Crippen LogP contribution in [0.4, 0.5) is 5.69 Å². The molecule has 2 rings (SSSR count). The lowest BCUT2D eigenvalue weighted by Gasteiger charge is -2.42. The minimum atomic E-state index is -1.25. The first-order valence-electron chi connectivity index (χ1n) is 8.33. The number of rotatable bonds is 5. The average Bonchev–Trinajstić information content (AvgIpc) is 2.60. The maximum Gasteiger partial charge on any atom is 0.335 e. The molecule has 1 aliphatic heterocycles. The predicted octanol–water partition coefficient (Wildman–Crippen LogP) is 1.04. The third kappa shape index (κ3) is 4.88. The fraction of sp³-hybridized carbons (Fsp3) is 0.500. The van der Waals surface area contributed by atoms with Gasteiger partial charge in [-0.2, -0.15) is 0 Å². The van der Waals surface area contributed by atoms with Gasteiger partial charge in [-0.05, 0) is 12.1 Å². The van der Waals surface area contributed by atoms with E-state index in [0.717, 1.165) is 0 Å². The lowest BCUT2D eigenvalue weighted by molar-refractivity contribution is -0.266. The SMILES string of the molecule is COC(=O)[C@H]1O[C@@H](Oc2ccccc2N)[C@H](OC(C)=O)[C@@H](OC(C)=O)[C@@H]1C. The zero-order valence-electron chi connectivity index (χ0n) is 15.5. The minimum Gasteiger partial charge on any atom is -0.467 e. The van der Waals surface area contributed by atoms with Crippen molar-refractivity contribution in [1.82, 2.24) is 0 Å². The molecule has 1 aromatic carbocycles. The first-order chi connectivity index (χ1) is 12.7. The number of methoxy groups -OCH3 is 1. The Kier molecular flexibility index (Phi) is 6.62. The highest BCUT2D eigenvalue weighted by atomic mass is 16.7. The van der Waals surface area contributed by atoms with Crippen LogP contribution < -0.4 is 10.5 Å². The van der Waals surface area contributed by atoms with Crippen molar-refractivity contribution in [3.8, 4) is 5.75 Å². The van der Waals surface area contributed by atoms with E-state index in [9.17, 15) is 14.4 Å². The van der Waals surface area contributed by atoms with E-state index < -0.39 is 48.4 Å². The van der Waals surface area contributed by atoms with E-state index in [4.69, 9.17) is 29.4 Å². The Bertz CT molecular complexity index is 706. The molecule has 5 atom stereocenters. The molecule has 0 aliphatic carbocycles. The Morgan fingerprint density at radius 2 is 1.63 bits per heavy atom. The van der Waals surface area contributed by atoms with E-state index >= 15 is 0 Å². The van der Waals surface area contributed by atoms with Crippen LogP contribution >= 0.6 is 0 Å². The summed E-state index contributed by atoms with van der Waals surface area (Å²) in [5.41, 5.74) is 6.20. The van der Waals surface area contributed by atoms with Crippen molar-refractivity contribution in [3.05, 3.63) is 24.3 Å². The molecule has 148 valence electrons. The van der Waals surface area contributed by atoms with Crippen molar-refractivity contribution in [2.75, 3.05) is 12.8 Å². The topological polar surface area (TPSA) is 123 Å². The van der Waals surface area contributed by atoms with Gasteiger partial charge in [0.2, 0.25) is 12.4 Å². The summed E-state index contributed by atoms with van der Waals surface area (Å²) in [7, 11) is 1.21. The Balaban J connectivity index is 2.40. The number of nitrogen functional groups attached to an aromatic ring is 1. The van der Waals surface area contributed by atoms with Crippen LogP contribution in [0.15, 0.2) is 24.3 Å². The normalized spacial score (nSPS) is 27.3. The molecule has 1 aliphatic rings. The van der Waals surface area contributed by atoms with Crippen molar-refractivity contribution >= 4 is 23.6 Å². The highest BCUT2D eigenvalue weighted by Gasteiger charge is 2.52. The van der Waals surface area contributed by atoms with E-state index in [0.29, 0.717) is 5.69 Å². The van der Waals surface area contributed by atoms with Gasteiger partial charge in [-0.25, -0.2) is 4.79 Å². The third-order valence-electron chi connectivity index (χ3n) is 4.07. The van der Waals surface area contributed by atoms with Gasteiger partial charge in [-0.1, -0.05) is 19.1 Å². The van der Waals surface area contributed by atoms with Gasteiger partial charge >= 0.3 is 17.9 Å². The Labute approximate surface area is 156 Å². The zero-order chi connectivity index (χ0) is 20.1. The van der Waals surface area contributed by atoms with Crippen LogP contribution in [0, 0.1) is 5.92 Å². The van der Waals surface area contributed by atoms with Crippen molar-refractivity contribution in [3.63, 3.8) is 0 Å².